The number of ether oxygens (including phenoxy) is 4. The molecule has 0 aliphatic heterocycles. The van der Waals surface area contributed by atoms with Gasteiger partial charge in [0, 0.05) is 5.92 Å². The summed E-state index contributed by atoms with van der Waals surface area (Å²) in [6, 6.07) is 2.78. The Hall–Kier alpha value is -3.17. The van der Waals surface area contributed by atoms with E-state index in [1.165, 1.54) is 19.2 Å². The van der Waals surface area contributed by atoms with Gasteiger partial charge in [0.15, 0.2) is 17.4 Å². The molecule has 0 aliphatic rings. The first kappa shape index (κ1) is 27.9. The van der Waals surface area contributed by atoms with Crippen molar-refractivity contribution < 1.29 is 38.1 Å². The van der Waals surface area contributed by atoms with Crippen LogP contribution in [0.1, 0.15) is 72.3 Å². The fourth-order valence-corrected chi connectivity index (χ4v) is 2.57. The molecule has 1 atom stereocenters. The summed E-state index contributed by atoms with van der Waals surface area (Å²) in [4.78, 5) is 55.4. The van der Waals surface area contributed by atoms with E-state index < -0.39 is 41.1 Å². The Bertz CT molecular complexity index is 855. The molecule has 0 bridgehead atoms. The number of Topliss-reactive ketones (excluding diaryl/α,β-unsaturated/α-hetero) is 1. The van der Waals surface area contributed by atoms with Crippen LogP contribution in [0.15, 0.2) is 12.1 Å². The van der Waals surface area contributed by atoms with Gasteiger partial charge in [-0.15, -0.1) is 0 Å². The molecule has 0 aromatic carbocycles. The molecular formula is C23H34N2O8. The third-order valence-corrected chi connectivity index (χ3v) is 3.90. The maximum atomic E-state index is 12.9. The van der Waals surface area contributed by atoms with E-state index in [0.717, 1.165) is 0 Å². The Labute approximate surface area is 194 Å². The van der Waals surface area contributed by atoms with Crippen LogP contribution >= 0.6 is 0 Å². The summed E-state index contributed by atoms with van der Waals surface area (Å²) in [5.74, 6) is -1.96. The normalized spacial score (nSPS) is 12.4. The molecule has 0 fully saturated rings. The molecule has 1 aromatic rings. The zero-order chi connectivity index (χ0) is 25.6. The van der Waals surface area contributed by atoms with Crippen LogP contribution in [-0.2, 0) is 19.0 Å². The van der Waals surface area contributed by atoms with Crippen molar-refractivity contribution in [2.75, 3.05) is 18.6 Å². The molecule has 1 heterocycles. The first-order valence-electron chi connectivity index (χ1n) is 10.6. The zero-order valence-corrected chi connectivity index (χ0v) is 20.8. The number of esters is 1. The van der Waals surface area contributed by atoms with Crippen LogP contribution in [0.5, 0.6) is 5.75 Å². The average molecular weight is 467 g/mol. The first-order valence-corrected chi connectivity index (χ1v) is 10.6. The molecule has 2 amide bonds. The van der Waals surface area contributed by atoms with Gasteiger partial charge in [-0.05, 0) is 60.6 Å². The van der Waals surface area contributed by atoms with Crippen LogP contribution in [0.3, 0.4) is 0 Å². The van der Waals surface area contributed by atoms with Gasteiger partial charge in [-0.1, -0.05) is 6.92 Å². The highest BCUT2D eigenvalue weighted by Gasteiger charge is 2.36. The number of anilines is 1. The lowest BCUT2D eigenvalue weighted by atomic mass is 10.00. The largest absolute Gasteiger partial charge is 0.493 e. The minimum Gasteiger partial charge on any atom is -0.493 e. The van der Waals surface area contributed by atoms with Gasteiger partial charge in [-0.25, -0.2) is 14.6 Å². The van der Waals surface area contributed by atoms with E-state index in [9.17, 15) is 19.2 Å². The van der Waals surface area contributed by atoms with Gasteiger partial charge in [0.25, 0.3) is 0 Å². The summed E-state index contributed by atoms with van der Waals surface area (Å²) in [5, 5.41) is 0. The van der Waals surface area contributed by atoms with E-state index >= 15 is 0 Å². The molecule has 1 rings (SSSR count). The lowest BCUT2D eigenvalue weighted by Crippen LogP contribution is -2.44. The SMILES string of the molecule is CCOC(=O)CC(C)C(=O)c1ccc(OC)c(N(C(=O)OC(C)(C)C)C(=O)OC(C)(C)C)n1. The lowest BCUT2D eigenvalue weighted by molar-refractivity contribution is -0.143. The van der Waals surface area contributed by atoms with Crippen molar-refractivity contribution in [3.8, 4) is 5.75 Å². The Balaban J connectivity index is 3.47. The van der Waals surface area contributed by atoms with Gasteiger partial charge >= 0.3 is 18.2 Å². The Morgan fingerprint density at radius 2 is 1.48 bits per heavy atom. The molecule has 0 saturated heterocycles. The van der Waals surface area contributed by atoms with Crippen molar-refractivity contribution in [2.24, 2.45) is 5.92 Å². The molecule has 0 N–H and O–H groups in total. The second kappa shape index (κ2) is 11.1. The average Bonchev–Trinajstić information content (AvgIpc) is 2.64. The first-order chi connectivity index (χ1) is 15.1. The molecule has 1 unspecified atom stereocenters. The molecule has 0 saturated carbocycles. The van der Waals surface area contributed by atoms with Crippen LogP contribution in [0.25, 0.3) is 0 Å². The van der Waals surface area contributed by atoms with Crippen LogP contribution < -0.4 is 9.64 Å². The number of amides is 2. The Morgan fingerprint density at radius 1 is 0.970 bits per heavy atom. The standard InChI is InChI=1S/C23H34N2O8/c1-10-31-17(26)13-14(2)18(27)15-11-12-16(30-9)19(24-15)25(20(28)32-22(3,4)5)21(29)33-23(6,7)8/h11-12,14H,10,13H2,1-9H3. The summed E-state index contributed by atoms with van der Waals surface area (Å²) >= 11 is 0. The van der Waals surface area contributed by atoms with E-state index in [0.29, 0.717) is 4.90 Å². The molecular weight excluding hydrogens is 432 g/mol. The predicted molar refractivity (Wildman–Crippen MR) is 120 cm³/mol. The molecule has 0 spiro atoms. The van der Waals surface area contributed by atoms with Crippen molar-refractivity contribution in [2.45, 2.75) is 73.0 Å². The van der Waals surface area contributed by atoms with E-state index in [1.807, 2.05) is 0 Å². The molecule has 0 radical (unpaired) electrons. The number of methoxy groups -OCH3 is 1. The Morgan fingerprint density at radius 3 is 1.91 bits per heavy atom. The second-order valence-electron chi connectivity index (χ2n) is 9.29. The fourth-order valence-electron chi connectivity index (χ4n) is 2.57. The number of ketones is 1. The molecule has 0 aliphatic carbocycles. The van der Waals surface area contributed by atoms with Crippen molar-refractivity contribution in [3.63, 3.8) is 0 Å². The van der Waals surface area contributed by atoms with Crippen molar-refractivity contribution in [1.82, 2.24) is 4.98 Å². The maximum Gasteiger partial charge on any atom is 0.425 e. The highest BCUT2D eigenvalue weighted by molar-refractivity contribution is 6.10. The number of rotatable bonds is 7. The summed E-state index contributed by atoms with van der Waals surface area (Å²) in [7, 11) is 1.33. The highest BCUT2D eigenvalue weighted by Crippen LogP contribution is 2.30. The van der Waals surface area contributed by atoms with Crippen LogP contribution in [0.2, 0.25) is 0 Å². The number of pyridine rings is 1. The van der Waals surface area contributed by atoms with Gasteiger partial charge in [0.2, 0.25) is 0 Å². The van der Waals surface area contributed by atoms with Gasteiger partial charge in [0.05, 0.1) is 20.1 Å². The molecule has 184 valence electrons. The van der Waals surface area contributed by atoms with Crippen LogP contribution in [-0.4, -0.2) is 53.8 Å². The zero-order valence-electron chi connectivity index (χ0n) is 20.8. The quantitative estimate of drug-likeness (QED) is 0.324. The molecule has 33 heavy (non-hydrogen) atoms. The van der Waals surface area contributed by atoms with Gasteiger partial charge in [-0.2, -0.15) is 4.90 Å². The molecule has 1 aromatic heterocycles. The summed E-state index contributed by atoms with van der Waals surface area (Å²) < 4.78 is 20.9. The minimum atomic E-state index is -1.05. The smallest absolute Gasteiger partial charge is 0.425 e. The summed E-state index contributed by atoms with van der Waals surface area (Å²) in [6.07, 6.45) is -2.24. The van der Waals surface area contributed by atoms with Gasteiger partial charge < -0.3 is 18.9 Å². The summed E-state index contributed by atoms with van der Waals surface area (Å²) in [6.45, 7) is 13.3. The number of carbonyl (C=O) groups is 4. The highest BCUT2D eigenvalue weighted by atomic mass is 16.6. The number of nitrogens with zero attached hydrogens (tertiary/aromatic N) is 2. The number of carbonyl (C=O) groups excluding carboxylic acids is 4. The monoisotopic (exact) mass is 466 g/mol. The topological polar surface area (TPSA) is 121 Å². The lowest BCUT2D eigenvalue weighted by Gasteiger charge is -2.28. The minimum absolute atomic E-state index is 0.0429. The van der Waals surface area contributed by atoms with Crippen molar-refractivity contribution >= 4 is 29.8 Å². The number of hydrogen-bond donors (Lipinski definition) is 0. The van der Waals surface area contributed by atoms with E-state index in [1.54, 1.807) is 55.4 Å². The second-order valence-corrected chi connectivity index (χ2v) is 9.29. The van der Waals surface area contributed by atoms with Crippen molar-refractivity contribution in [3.05, 3.63) is 17.8 Å². The number of aromatic nitrogens is 1. The predicted octanol–water partition coefficient (Wildman–Crippen LogP) is 4.54. The van der Waals surface area contributed by atoms with Gasteiger partial charge in [-0.3, -0.25) is 9.59 Å². The number of hydrogen-bond acceptors (Lipinski definition) is 9. The van der Waals surface area contributed by atoms with Crippen LogP contribution in [0.4, 0.5) is 15.4 Å². The van der Waals surface area contributed by atoms with E-state index in [4.69, 9.17) is 18.9 Å². The summed E-state index contributed by atoms with van der Waals surface area (Å²) in [5.41, 5.74) is -1.92. The van der Waals surface area contributed by atoms with E-state index in [-0.39, 0.29) is 30.3 Å². The van der Waals surface area contributed by atoms with Gasteiger partial charge in [0.1, 0.15) is 16.9 Å². The van der Waals surface area contributed by atoms with Crippen LogP contribution in [0, 0.1) is 5.92 Å². The number of imide groups is 1. The van der Waals surface area contributed by atoms with Crippen molar-refractivity contribution in [1.29, 1.82) is 0 Å². The molecule has 10 heteroatoms. The maximum absolute atomic E-state index is 12.9. The third kappa shape index (κ3) is 8.70. The fraction of sp³-hybridized carbons (Fsp3) is 0.609. The molecule has 10 nitrogen and oxygen atoms in total. The third-order valence-electron chi connectivity index (χ3n) is 3.90. The van der Waals surface area contributed by atoms with E-state index in [2.05, 4.69) is 4.98 Å². The Kier molecular flexibility index (Phi) is 9.38.